The third-order valence-corrected chi connectivity index (χ3v) is 8.32. The highest BCUT2D eigenvalue weighted by Gasteiger charge is 2.42. The average Bonchev–Trinajstić information content (AvgIpc) is 2.29. The fourth-order valence-corrected chi connectivity index (χ4v) is 7.29. The number of aliphatic hydroxyl groups is 2. The van der Waals surface area contributed by atoms with Gasteiger partial charge in [-0.05, 0) is 44.7 Å². The highest BCUT2D eigenvalue weighted by Crippen LogP contribution is 2.30. The normalized spacial score (nSPS) is 32.1. The van der Waals surface area contributed by atoms with Gasteiger partial charge in [-0.15, -0.1) is 0 Å². The van der Waals surface area contributed by atoms with Crippen molar-refractivity contribution in [1.82, 2.24) is 0 Å². The van der Waals surface area contributed by atoms with E-state index in [1.54, 1.807) is 13.1 Å². The van der Waals surface area contributed by atoms with Crippen molar-refractivity contribution in [1.29, 1.82) is 0 Å². The van der Waals surface area contributed by atoms with Crippen molar-refractivity contribution in [2.24, 2.45) is 5.92 Å². The Kier molecular flexibility index (Phi) is 6.14. The Balaban J connectivity index is 2.45. The molecule has 0 aromatic rings. The lowest BCUT2D eigenvalue weighted by Crippen LogP contribution is -2.51. The fraction of sp³-hybridized carbons (Fsp3) is 1.00. The highest BCUT2D eigenvalue weighted by molar-refractivity contribution is 6.75. The van der Waals surface area contributed by atoms with E-state index in [1.807, 2.05) is 0 Å². The van der Waals surface area contributed by atoms with Gasteiger partial charge < -0.3 is 28.3 Å². The van der Waals surface area contributed by atoms with Crippen LogP contribution in [0, 0.1) is 5.92 Å². The molecule has 1 aliphatic rings. The van der Waals surface area contributed by atoms with Crippen molar-refractivity contribution in [3.8, 4) is 0 Å². The van der Waals surface area contributed by atoms with E-state index >= 15 is 0 Å². The molecule has 0 radical (unpaired) electrons. The van der Waals surface area contributed by atoms with E-state index in [4.69, 9.17) is 8.54 Å². The molecule has 0 aliphatic heterocycles. The molecule has 6 nitrogen and oxygen atoms in total. The summed E-state index contributed by atoms with van der Waals surface area (Å²) in [5, 5.41) is 19.1. The van der Waals surface area contributed by atoms with Gasteiger partial charge in [0.2, 0.25) is 0 Å². The standard InChI is InChI=1S/C11H26O6Si2/c1-16-19(15,17-18(2,3)14)7-6-9-4-5-10(12)11(13)8-9/h9-15H,4-8H2,1-3H3. The molecule has 19 heavy (non-hydrogen) atoms. The second kappa shape index (κ2) is 6.77. The predicted octanol–water partition coefficient (Wildman–Crippen LogP) is 0.187. The molecule has 0 aromatic carbocycles. The Morgan fingerprint density at radius 3 is 2.21 bits per heavy atom. The molecule has 114 valence electrons. The molecular weight excluding hydrogens is 284 g/mol. The van der Waals surface area contributed by atoms with Crippen LogP contribution in [0.4, 0.5) is 0 Å². The van der Waals surface area contributed by atoms with E-state index in [0.717, 1.165) is 6.42 Å². The van der Waals surface area contributed by atoms with Gasteiger partial charge in [0.05, 0.1) is 12.2 Å². The molecule has 1 saturated carbocycles. The van der Waals surface area contributed by atoms with Crippen LogP contribution >= 0.6 is 0 Å². The van der Waals surface area contributed by atoms with Crippen molar-refractivity contribution in [3.05, 3.63) is 0 Å². The van der Waals surface area contributed by atoms with Crippen LogP contribution in [0.15, 0.2) is 0 Å². The summed E-state index contributed by atoms with van der Waals surface area (Å²) in [6.07, 6.45) is 1.31. The second-order valence-corrected chi connectivity index (χ2v) is 11.9. The van der Waals surface area contributed by atoms with Crippen LogP contribution in [0.25, 0.3) is 0 Å². The fourth-order valence-electron chi connectivity index (χ4n) is 2.45. The summed E-state index contributed by atoms with van der Waals surface area (Å²) >= 11 is 0. The van der Waals surface area contributed by atoms with E-state index in [9.17, 15) is 19.8 Å². The highest BCUT2D eigenvalue weighted by atomic mass is 28.5. The topological polar surface area (TPSA) is 99.4 Å². The number of aliphatic hydroxyl groups excluding tert-OH is 2. The summed E-state index contributed by atoms with van der Waals surface area (Å²) in [6, 6.07) is 0.369. The van der Waals surface area contributed by atoms with Gasteiger partial charge in [-0.25, -0.2) is 0 Å². The first kappa shape index (κ1) is 17.2. The first-order valence-electron chi connectivity index (χ1n) is 6.71. The average molecular weight is 310 g/mol. The zero-order valence-corrected chi connectivity index (χ0v) is 13.9. The van der Waals surface area contributed by atoms with Crippen LogP contribution in [0.1, 0.15) is 25.7 Å². The lowest BCUT2D eigenvalue weighted by Gasteiger charge is -2.33. The molecule has 4 atom stereocenters. The van der Waals surface area contributed by atoms with Crippen molar-refractivity contribution in [3.63, 3.8) is 0 Å². The maximum absolute atomic E-state index is 10.3. The zero-order valence-electron chi connectivity index (χ0n) is 11.9. The predicted molar refractivity (Wildman–Crippen MR) is 74.5 cm³/mol. The third kappa shape index (κ3) is 6.00. The first-order valence-corrected chi connectivity index (χ1v) is 11.5. The Morgan fingerprint density at radius 1 is 1.11 bits per heavy atom. The summed E-state index contributed by atoms with van der Waals surface area (Å²) in [5.41, 5.74) is 0. The Morgan fingerprint density at radius 2 is 1.74 bits per heavy atom. The van der Waals surface area contributed by atoms with Gasteiger partial charge in [-0.2, -0.15) is 0 Å². The third-order valence-electron chi connectivity index (χ3n) is 3.49. The van der Waals surface area contributed by atoms with Gasteiger partial charge >= 0.3 is 17.4 Å². The summed E-state index contributed by atoms with van der Waals surface area (Å²) in [6.45, 7) is 3.18. The molecule has 0 heterocycles. The van der Waals surface area contributed by atoms with Crippen LogP contribution in [0.2, 0.25) is 19.1 Å². The molecule has 4 unspecified atom stereocenters. The maximum Gasteiger partial charge on any atom is 0.489 e. The summed E-state index contributed by atoms with van der Waals surface area (Å²) in [7, 11) is -4.75. The number of hydrogen-bond acceptors (Lipinski definition) is 6. The van der Waals surface area contributed by atoms with Gasteiger partial charge in [-0.3, -0.25) is 0 Å². The van der Waals surface area contributed by atoms with Gasteiger partial charge in [0.25, 0.3) is 0 Å². The Hall–Kier alpha value is 0.194. The summed E-state index contributed by atoms with van der Waals surface area (Å²) in [4.78, 5) is 20.0. The molecule has 1 aliphatic carbocycles. The minimum absolute atomic E-state index is 0.250. The van der Waals surface area contributed by atoms with Crippen LogP contribution in [-0.4, -0.2) is 56.5 Å². The molecule has 0 bridgehead atoms. The lowest BCUT2D eigenvalue weighted by molar-refractivity contribution is -0.0262. The molecule has 0 amide bonds. The van der Waals surface area contributed by atoms with Crippen LogP contribution in [0.5, 0.6) is 0 Å². The van der Waals surface area contributed by atoms with E-state index in [1.165, 1.54) is 7.11 Å². The molecule has 1 fully saturated rings. The lowest BCUT2D eigenvalue weighted by atomic mass is 9.84. The van der Waals surface area contributed by atoms with Crippen LogP contribution in [0.3, 0.4) is 0 Å². The van der Waals surface area contributed by atoms with E-state index < -0.39 is 29.6 Å². The maximum atomic E-state index is 10.3. The van der Waals surface area contributed by atoms with Gasteiger partial charge in [0, 0.05) is 13.2 Å². The molecule has 0 saturated heterocycles. The Bertz CT molecular complexity index is 285. The zero-order chi connectivity index (χ0) is 14.7. The van der Waals surface area contributed by atoms with Crippen LogP contribution < -0.4 is 0 Å². The molecular formula is C11H26O6Si2. The summed E-state index contributed by atoms with van der Waals surface area (Å²) < 4.78 is 10.5. The van der Waals surface area contributed by atoms with Gasteiger partial charge in [0.1, 0.15) is 0 Å². The minimum atomic E-state index is -3.31. The minimum Gasteiger partial charge on any atom is -0.411 e. The van der Waals surface area contributed by atoms with Gasteiger partial charge in [0.15, 0.2) is 0 Å². The van der Waals surface area contributed by atoms with E-state index in [0.29, 0.717) is 25.3 Å². The SMILES string of the molecule is CO[Si](O)(CCC1CCC(O)C(O)C1)O[Si](C)(C)O. The molecule has 1 rings (SSSR count). The summed E-state index contributed by atoms with van der Waals surface area (Å²) in [5.74, 6) is 0.250. The number of hydrogen-bond donors (Lipinski definition) is 4. The quantitative estimate of drug-likeness (QED) is 0.523. The Labute approximate surface area is 116 Å². The van der Waals surface area contributed by atoms with Gasteiger partial charge in [-0.1, -0.05) is 0 Å². The van der Waals surface area contributed by atoms with Crippen molar-refractivity contribution >= 4 is 17.4 Å². The van der Waals surface area contributed by atoms with Crippen molar-refractivity contribution < 1.29 is 28.3 Å². The largest absolute Gasteiger partial charge is 0.489 e. The van der Waals surface area contributed by atoms with Crippen LogP contribution in [-0.2, 0) is 8.54 Å². The molecule has 0 spiro atoms. The first-order chi connectivity index (χ1) is 8.65. The number of rotatable bonds is 6. The monoisotopic (exact) mass is 310 g/mol. The molecule has 8 heteroatoms. The van der Waals surface area contributed by atoms with E-state index in [2.05, 4.69) is 0 Å². The molecule has 0 aromatic heterocycles. The van der Waals surface area contributed by atoms with E-state index in [-0.39, 0.29) is 5.92 Å². The molecule has 4 N–H and O–H groups in total. The smallest absolute Gasteiger partial charge is 0.411 e. The van der Waals surface area contributed by atoms with Crippen molar-refractivity contribution in [2.75, 3.05) is 7.11 Å². The second-order valence-electron chi connectivity index (χ2n) is 5.82. The van der Waals surface area contributed by atoms with Crippen molar-refractivity contribution in [2.45, 2.75) is 57.0 Å².